The first kappa shape index (κ1) is 21.7. The monoisotopic (exact) mass is 426 g/mol. The van der Waals surface area contributed by atoms with Crippen LogP contribution in [0.3, 0.4) is 0 Å². The van der Waals surface area contributed by atoms with Crippen LogP contribution in [-0.2, 0) is 23.0 Å². The van der Waals surface area contributed by atoms with Gasteiger partial charge in [-0.05, 0) is 36.6 Å². The van der Waals surface area contributed by atoms with Gasteiger partial charge in [-0.1, -0.05) is 43.3 Å². The zero-order chi connectivity index (χ0) is 21.9. The van der Waals surface area contributed by atoms with Crippen molar-refractivity contribution in [1.82, 2.24) is 14.1 Å². The minimum Gasteiger partial charge on any atom is -0.322 e. The van der Waals surface area contributed by atoms with E-state index in [0.717, 1.165) is 21.1 Å². The molecule has 1 heterocycles. The molecule has 0 aliphatic carbocycles. The van der Waals surface area contributed by atoms with Crippen molar-refractivity contribution in [3.63, 3.8) is 0 Å². The quantitative estimate of drug-likeness (QED) is 0.628. The second-order valence-corrected chi connectivity index (χ2v) is 9.37. The maximum atomic E-state index is 13.0. The number of nitrogens with zero attached hydrogens (tertiary/aromatic N) is 3. The normalized spacial score (nSPS) is 11.6. The lowest BCUT2D eigenvalue weighted by Gasteiger charge is -2.14. The van der Waals surface area contributed by atoms with Crippen LogP contribution in [0.1, 0.15) is 34.1 Å². The largest absolute Gasteiger partial charge is 0.322 e. The smallest absolute Gasteiger partial charge is 0.259 e. The zero-order valence-corrected chi connectivity index (χ0v) is 18.4. The van der Waals surface area contributed by atoms with Crippen LogP contribution in [0.15, 0.2) is 59.6 Å². The summed E-state index contributed by atoms with van der Waals surface area (Å²) in [4.78, 5) is 13.1. The van der Waals surface area contributed by atoms with E-state index in [4.69, 9.17) is 0 Å². The van der Waals surface area contributed by atoms with Gasteiger partial charge in [0.15, 0.2) is 0 Å². The fourth-order valence-corrected chi connectivity index (χ4v) is 4.09. The number of hydrogen-bond acceptors (Lipinski definition) is 4. The highest BCUT2D eigenvalue weighted by atomic mass is 32.2. The molecule has 3 rings (SSSR count). The molecule has 0 saturated heterocycles. The minimum absolute atomic E-state index is 0.129. The summed E-state index contributed by atoms with van der Waals surface area (Å²) in [6, 6.07) is 14.6. The Kier molecular flexibility index (Phi) is 6.38. The molecular weight excluding hydrogens is 400 g/mol. The lowest BCUT2D eigenvalue weighted by Crippen LogP contribution is -2.22. The van der Waals surface area contributed by atoms with Crippen LogP contribution in [-0.4, -0.2) is 42.5 Å². The summed E-state index contributed by atoms with van der Waals surface area (Å²) in [6.07, 6.45) is 2.20. The molecule has 0 fully saturated rings. The van der Waals surface area contributed by atoms with Gasteiger partial charge in [0, 0.05) is 19.8 Å². The molecule has 0 spiro atoms. The Balaban J connectivity index is 1.88. The first-order valence-corrected chi connectivity index (χ1v) is 11.1. The van der Waals surface area contributed by atoms with E-state index in [1.165, 1.54) is 26.2 Å². The molecule has 0 bridgehead atoms. The molecule has 3 aromatic rings. The number of nitrogens with one attached hydrogen (secondary N) is 1. The van der Waals surface area contributed by atoms with Crippen LogP contribution < -0.4 is 5.32 Å². The van der Waals surface area contributed by atoms with E-state index >= 15 is 0 Å². The molecule has 0 unspecified atom stereocenters. The number of carbonyl (C=O) groups is 1. The first-order chi connectivity index (χ1) is 14.2. The predicted octanol–water partition coefficient (Wildman–Crippen LogP) is 3.30. The maximum absolute atomic E-state index is 13.0. The molecule has 1 aromatic heterocycles. The van der Waals surface area contributed by atoms with Gasteiger partial charge in [-0.3, -0.25) is 9.48 Å². The fourth-order valence-electron chi connectivity index (χ4n) is 3.16. The fraction of sp³-hybridized carbons (Fsp3) is 0.273. The van der Waals surface area contributed by atoms with Crippen molar-refractivity contribution in [3.05, 3.63) is 77.1 Å². The van der Waals surface area contributed by atoms with Crippen LogP contribution in [0.25, 0.3) is 0 Å². The Labute approximate surface area is 177 Å². The van der Waals surface area contributed by atoms with E-state index in [1.807, 2.05) is 48.9 Å². The second kappa shape index (κ2) is 8.81. The van der Waals surface area contributed by atoms with E-state index < -0.39 is 10.0 Å². The summed E-state index contributed by atoms with van der Waals surface area (Å²) in [6.45, 7) is 4.37. The summed E-state index contributed by atoms with van der Waals surface area (Å²) in [5.41, 5.74) is 3.64. The number of carbonyl (C=O) groups excluding carboxylic acids is 1. The average molecular weight is 427 g/mol. The average Bonchev–Trinajstić information content (AvgIpc) is 3.12. The molecule has 0 atom stereocenters. The number of amides is 1. The SMILES string of the molecule is CCc1c(C(=O)Nc2cc(S(=O)(=O)N(C)C)ccc2C)cnn1Cc1ccccc1. The summed E-state index contributed by atoms with van der Waals surface area (Å²) >= 11 is 0. The van der Waals surface area contributed by atoms with Crippen LogP contribution >= 0.6 is 0 Å². The van der Waals surface area contributed by atoms with Gasteiger partial charge in [0.1, 0.15) is 0 Å². The van der Waals surface area contributed by atoms with Crippen LogP contribution in [0.5, 0.6) is 0 Å². The lowest BCUT2D eigenvalue weighted by molar-refractivity contribution is 0.102. The second-order valence-electron chi connectivity index (χ2n) is 7.22. The number of benzene rings is 2. The first-order valence-electron chi connectivity index (χ1n) is 9.67. The molecule has 8 heteroatoms. The Morgan fingerprint density at radius 3 is 2.47 bits per heavy atom. The summed E-state index contributed by atoms with van der Waals surface area (Å²) in [7, 11) is -0.646. The molecule has 158 valence electrons. The van der Waals surface area contributed by atoms with Gasteiger partial charge < -0.3 is 5.32 Å². The Bertz CT molecular complexity index is 1150. The van der Waals surface area contributed by atoms with Gasteiger partial charge in [-0.2, -0.15) is 5.10 Å². The molecule has 1 amide bonds. The zero-order valence-electron chi connectivity index (χ0n) is 17.6. The number of aryl methyl sites for hydroxylation is 1. The van der Waals surface area contributed by atoms with E-state index in [2.05, 4.69) is 10.4 Å². The van der Waals surface area contributed by atoms with Gasteiger partial charge in [-0.15, -0.1) is 0 Å². The topological polar surface area (TPSA) is 84.3 Å². The highest BCUT2D eigenvalue weighted by molar-refractivity contribution is 7.89. The van der Waals surface area contributed by atoms with Crippen LogP contribution in [0, 0.1) is 6.92 Å². The minimum atomic E-state index is -3.59. The predicted molar refractivity (Wildman–Crippen MR) is 117 cm³/mol. The van der Waals surface area contributed by atoms with Crippen molar-refractivity contribution in [3.8, 4) is 0 Å². The van der Waals surface area contributed by atoms with E-state index in [1.54, 1.807) is 12.3 Å². The van der Waals surface area contributed by atoms with Crippen molar-refractivity contribution >= 4 is 21.6 Å². The van der Waals surface area contributed by atoms with Gasteiger partial charge in [0.2, 0.25) is 10.0 Å². The molecule has 30 heavy (non-hydrogen) atoms. The summed E-state index contributed by atoms with van der Waals surface area (Å²) in [5.74, 6) is -0.311. The third-order valence-corrected chi connectivity index (χ3v) is 6.75. The molecule has 0 aliphatic rings. The van der Waals surface area contributed by atoms with Crippen molar-refractivity contribution in [2.75, 3.05) is 19.4 Å². The highest BCUT2D eigenvalue weighted by Crippen LogP contribution is 2.23. The molecule has 0 aliphatic heterocycles. The Hall–Kier alpha value is -2.97. The number of aromatic nitrogens is 2. The maximum Gasteiger partial charge on any atom is 0.259 e. The molecular formula is C22H26N4O3S. The highest BCUT2D eigenvalue weighted by Gasteiger charge is 2.21. The van der Waals surface area contributed by atoms with Gasteiger partial charge >= 0.3 is 0 Å². The molecule has 0 saturated carbocycles. The molecule has 0 radical (unpaired) electrons. The lowest BCUT2D eigenvalue weighted by atomic mass is 10.1. The number of anilines is 1. The molecule has 1 N–H and O–H groups in total. The van der Waals surface area contributed by atoms with Crippen molar-refractivity contribution in [2.24, 2.45) is 0 Å². The van der Waals surface area contributed by atoms with Gasteiger partial charge in [-0.25, -0.2) is 12.7 Å². The third-order valence-electron chi connectivity index (χ3n) is 4.94. The summed E-state index contributed by atoms with van der Waals surface area (Å²) < 4.78 is 27.8. The standard InChI is InChI=1S/C22H26N4O3S/c1-5-21-19(14-23-26(21)15-17-9-7-6-8-10-17)22(27)24-20-13-18(12-11-16(20)2)30(28,29)25(3)4/h6-14H,5,15H2,1-4H3,(H,24,27). The molecule has 7 nitrogen and oxygen atoms in total. The number of sulfonamides is 1. The van der Waals surface area contributed by atoms with Gasteiger partial charge in [0.25, 0.3) is 5.91 Å². The Morgan fingerprint density at radius 2 is 1.83 bits per heavy atom. The number of rotatable bonds is 7. The third kappa shape index (κ3) is 4.44. The van der Waals surface area contributed by atoms with Crippen molar-refractivity contribution < 1.29 is 13.2 Å². The van der Waals surface area contributed by atoms with Crippen molar-refractivity contribution in [2.45, 2.75) is 31.7 Å². The number of hydrogen-bond donors (Lipinski definition) is 1. The molecule has 2 aromatic carbocycles. The van der Waals surface area contributed by atoms with Gasteiger partial charge in [0.05, 0.1) is 28.9 Å². The van der Waals surface area contributed by atoms with Crippen LogP contribution in [0.4, 0.5) is 5.69 Å². The van der Waals surface area contributed by atoms with E-state index in [-0.39, 0.29) is 10.8 Å². The van der Waals surface area contributed by atoms with Crippen LogP contribution in [0.2, 0.25) is 0 Å². The van der Waals surface area contributed by atoms with Crippen molar-refractivity contribution in [1.29, 1.82) is 0 Å². The van der Waals surface area contributed by atoms with E-state index in [9.17, 15) is 13.2 Å². The Morgan fingerprint density at radius 1 is 1.13 bits per heavy atom. The van der Waals surface area contributed by atoms with E-state index in [0.29, 0.717) is 24.2 Å². The summed E-state index contributed by atoms with van der Waals surface area (Å²) in [5, 5.41) is 7.26.